The van der Waals surface area contributed by atoms with Crippen LogP contribution >= 0.6 is 0 Å². The van der Waals surface area contributed by atoms with Gasteiger partial charge in [-0.1, -0.05) is 13.8 Å². The summed E-state index contributed by atoms with van der Waals surface area (Å²) in [5.41, 5.74) is 5.92. The van der Waals surface area contributed by atoms with E-state index in [2.05, 4.69) is 19.2 Å². The van der Waals surface area contributed by atoms with Gasteiger partial charge in [0.25, 0.3) is 11.6 Å². The smallest absolute Gasteiger partial charge is 0.270 e. The van der Waals surface area contributed by atoms with Crippen LogP contribution in [0.1, 0.15) is 37.6 Å². The van der Waals surface area contributed by atoms with Crippen LogP contribution in [0.3, 0.4) is 0 Å². The van der Waals surface area contributed by atoms with E-state index in [1.807, 2.05) is 6.92 Å². The number of nitro groups is 1. The average molecular weight is 265 g/mol. The van der Waals surface area contributed by atoms with E-state index in [0.29, 0.717) is 5.92 Å². The normalized spacial score (nSPS) is 12.2. The maximum atomic E-state index is 12.0. The summed E-state index contributed by atoms with van der Waals surface area (Å²) in [6.07, 6.45) is 0.834. The fourth-order valence-electron chi connectivity index (χ4n) is 1.92. The first kappa shape index (κ1) is 14.9. The molecule has 19 heavy (non-hydrogen) atoms. The lowest BCUT2D eigenvalue weighted by Gasteiger charge is -2.16. The van der Waals surface area contributed by atoms with Gasteiger partial charge in [0.05, 0.1) is 10.5 Å². The summed E-state index contributed by atoms with van der Waals surface area (Å²) in [5.74, 6) is 0.0760. The van der Waals surface area contributed by atoms with Gasteiger partial charge in [0.1, 0.15) is 0 Å². The molecule has 3 N–H and O–H groups in total. The van der Waals surface area contributed by atoms with Gasteiger partial charge in [-0.2, -0.15) is 0 Å². The molecule has 0 bridgehead atoms. The molecule has 6 heteroatoms. The fraction of sp³-hybridized carbons (Fsp3) is 0.462. The maximum absolute atomic E-state index is 12.0. The zero-order chi connectivity index (χ0) is 14.6. The molecular weight excluding hydrogens is 246 g/mol. The Labute approximate surface area is 112 Å². The Morgan fingerprint density at radius 2 is 2.05 bits per heavy atom. The van der Waals surface area contributed by atoms with E-state index in [4.69, 9.17) is 5.73 Å². The van der Waals surface area contributed by atoms with Gasteiger partial charge in [-0.05, 0) is 25.3 Å². The van der Waals surface area contributed by atoms with Crippen LogP contribution in [0.2, 0.25) is 0 Å². The van der Waals surface area contributed by atoms with Crippen molar-refractivity contribution in [2.75, 3.05) is 5.73 Å². The fourth-order valence-corrected chi connectivity index (χ4v) is 1.92. The molecule has 1 aromatic rings. The highest BCUT2D eigenvalue weighted by Gasteiger charge is 2.17. The van der Waals surface area contributed by atoms with Crippen molar-refractivity contribution in [3.05, 3.63) is 33.9 Å². The van der Waals surface area contributed by atoms with Crippen molar-refractivity contribution in [1.82, 2.24) is 5.32 Å². The van der Waals surface area contributed by atoms with E-state index < -0.39 is 4.92 Å². The molecule has 6 nitrogen and oxygen atoms in total. The summed E-state index contributed by atoms with van der Waals surface area (Å²) in [6.45, 7) is 6.01. The number of carbonyl (C=O) groups is 1. The highest BCUT2D eigenvalue weighted by atomic mass is 16.6. The summed E-state index contributed by atoms with van der Waals surface area (Å²) in [5, 5.41) is 13.5. The van der Waals surface area contributed by atoms with Crippen LogP contribution in [0.5, 0.6) is 0 Å². The third kappa shape index (κ3) is 4.24. The van der Waals surface area contributed by atoms with Crippen molar-refractivity contribution in [2.24, 2.45) is 5.92 Å². The first-order valence-electron chi connectivity index (χ1n) is 6.16. The van der Waals surface area contributed by atoms with Gasteiger partial charge in [0.2, 0.25) is 0 Å². The summed E-state index contributed by atoms with van der Waals surface area (Å²) in [4.78, 5) is 22.2. The Morgan fingerprint density at radius 1 is 1.42 bits per heavy atom. The minimum Gasteiger partial charge on any atom is -0.398 e. The van der Waals surface area contributed by atoms with E-state index in [1.165, 1.54) is 18.2 Å². The number of benzene rings is 1. The third-order valence-electron chi connectivity index (χ3n) is 2.69. The lowest BCUT2D eigenvalue weighted by atomic mass is 10.0. The van der Waals surface area contributed by atoms with E-state index in [9.17, 15) is 14.9 Å². The molecule has 0 saturated heterocycles. The van der Waals surface area contributed by atoms with Crippen molar-refractivity contribution in [3.63, 3.8) is 0 Å². The summed E-state index contributed by atoms with van der Waals surface area (Å²) in [6, 6.07) is 3.85. The maximum Gasteiger partial charge on any atom is 0.270 e. The van der Waals surface area contributed by atoms with Crippen LogP contribution in [0.25, 0.3) is 0 Å². The zero-order valence-corrected chi connectivity index (χ0v) is 11.3. The molecule has 1 aromatic carbocycles. The van der Waals surface area contributed by atoms with Gasteiger partial charge in [0.15, 0.2) is 0 Å². The van der Waals surface area contributed by atoms with E-state index >= 15 is 0 Å². The molecule has 0 aliphatic rings. The van der Waals surface area contributed by atoms with Gasteiger partial charge >= 0.3 is 0 Å². The molecule has 0 aliphatic carbocycles. The van der Waals surface area contributed by atoms with Crippen molar-refractivity contribution < 1.29 is 9.72 Å². The van der Waals surface area contributed by atoms with Crippen LogP contribution in [0.15, 0.2) is 18.2 Å². The summed E-state index contributed by atoms with van der Waals surface area (Å²) in [7, 11) is 0. The molecule has 0 radical (unpaired) electrons. The zero-order valence-electron chi connectivity index (χ0n) is 11.3. The van der Waals surface area contributed by atoms with E-state index in [0.717, 1.165) is 6.42 Å². The number of carbonyl (C=O) groups excluding carboxylic acids is 1. The number of nitrogen functional groups attached to an aromatic ring is 1. The first-order chi connectivity index (χ1) is 8.81. The minimum atomic E-state index is -0.548. The molecule has 0 heterocycles. The van der Waals surface area contributed by atoms with Crippen molar-refractivity contribution in [1.29, 1.82) is 0 Å². The Kier molecular flexibility index (Phi) is 4.86. The molecule has 0 spiro atoms. The predicted molar refractivity (Wildman–Crippen MR) is 73.9 cm³/mol. The topological polar surface area (TPSA) is 98.3 Å². The van der Waals surface area contributed by atoms with Crippen LogP contribution in [0.4, 0.5) is 11.4 Å². The van der Waals surface area contributed by atoms with Crippen molar-refractivity contribution in [2.45, 2.75) is 33.2 Å². The lowest BCUT2D eigenvalue weighted by molar-refractivity contribution is -0.384. The van der Waals surface area contributed by atoms with E-state index in [-0.39, 0.29) is 28.9 Å². The number of anilines is 1. The predicted octanol–water partition coefficient (Wildman–Crippen LogP) is 2.34. The molecule has 0 aromatic heterocycles. The Balaban J connectivity index is 2.87. The van der Waals surface area contributed by atoms with Gasteiger partial charge in [-0.15, -0.1) is 0 Å². The van der Waals surface area contributed by atoms with Crippen LogP contribution < -0.4 is 11.1 Å². The number of non-ortho nitro benzene ring substituents is 1. The Bertz CT molecular complexity index is 486. The molecule has 104 valence electrons. The quantitative estimate of drug-likeness (QED) is 0.485. The van der Waals surface area contributed by atoms with Gasteiger partial charge in [0, 0.05) is 23.9 Å². The van der Waals surface area contributed by atoms with Crippen molar-refractivity contribution in [3.8, 4) is 0 Å². The first-order valence-corrected chi connectivity index (χ1v) is 6.16. The molecule has 0 aliphatic heterocycles. The lowest BCUT2D eigenvalue weighted by Crippen LogP contribution is -2.33. The van der Waals surface area contributed by atoms with Gasteiger partial charge in [-0.25, -0.2) is 0 Å². The number of nitro benzene ring substituents is 1. The third-order valence-corrected chi connectivity index (χ3v) is 2.69. The molecule has 0 fully saturated rings. The SMILES string of the molecule is CC(C)CC(C)NC(=O)c1cc([N+](=O)[O-])ccc1N. The van der Waals surface area contributed by atoms with Crippen LogP contribution in [-0.4, -0.2) is 16.9 Å². The summed E-state index contributed by atoms with van der Waals surface area (Å²) >= 11 is 0. The minimum absolute atomic E-state index is 0.00818. The molecular formula is C13H19N3O3. The Hall–Kier alpha value is -2.11. The van der Waals surface area contributed by atoms with Crippen LogP contribution in [0, 0.1) is 16.0 Å². The number of amides is 1. The molecule has 1 unspecified atom stereocenters. The number of rotatable bonds is 5. The monoisotopic (exact) mass is 265 g/mol. The average Bonchev–Trinajstić information content (AvgIpc) is 2.27. The van der Waals surface area contributed by atoms with Crippen LogP contribution in [-0.2, 0) is 0 Å². The number of hydrogen-bond acceptors (Lipinski definition) is 4. The van der Waals surface area contributed by atoms with Gasteiger partial charge < -0.3 is 11.1 Å². The van der Waals surface area contributed by atoms with E-state index in [1.54, 1.807) is 0 Å². The highest BCUT2D eigenvalue weighted by Crippen LogP contribution is 2.19. The Morgan fingerprint density at radius 3 is 2.58 bits per heavy atom. The molecule has 1 amide bonds. The summed E-state index contributed by atoms with van der Waals surface area (Å²) < 4.78 is 0. The number of hydrogen-bond donors (Lipinski definition) is 2. The molecule has 1 rings (SSSR count). The standard InChI is InChI=1S/C13H19N3O3/c1-8(2)6-9(3)15-13(17)11-7-10(16(18)19)4-5-12(11)14/h4-5,7-9H,6,14H2,1-3H3,(H,15,17). The largest absolute Gasteiger partial charge is 0.398 e. The molecule has 1 atom stereocenters. The second-order valence-electron chi connectivity index (χ2n) is 5.03. The second kappa shape index (κ2) is 6.17. The number of nitrogens with two attached hydrogens (primary N) is 1. The van der Waals surface area contributed by atoms with Crippen molar-refractivity contribution >= 4 is 17.3 Å². The number of nitrogens with one attached hydrogen (secondary N) is 1. The number of nitrogens with zero attached hydrogens (tertiary/aromatic N) is 1. The van der Waals surface area contributed by atoms with Gasteiger partial charge in [-0.3, -0.25) is 14.9 Å². The highest BCUT2D eigenvalue weighted by molar-refractivity contribution is 5.99. The molecule has 0 saturated carbocycles. The second-order valence-corrected chi connectivity index (χ2v) is 5.03.